The molecule has 1 aromatic carbocycles. The van der Waals surface area contributed by atoms with Crippen LogP contribution in [-0.4, -0.2) is 29.9 Å². The lowest BCUT2D eigenvalue weighted by atomic mass is 10.1. The third-order valence-corrected chi connectivity index (χ3v) is 2.78. The normalized spacial score (nSPS) is 20.0. The van der Waals surface area contributed by atoms with Crippen LogP contribution in [-0.2, 0) is 6.42 Å². The molecule has 16 heavy (non-hydrogen) atoms. The van der Waals surface area contributed by atoms with E-state index in [-0.39, 0.29) is 11.5 Å². The fourth-order valence-corrected chi connectivity index (χ4v) is 2.05. The average Bonchev–Trinajstić information content (AvgIpc) is 2.67. The molecule has 3 rings (SSSR count). The molecule has 0 saturated carbocycles. The molecule has 2 aliphatic rings. The van der Waals surface area contributed by atoms with E-state index in [1.807, 2.05) is 0 Å². The molecular formula is C11H9NO4. The van der Waals surface area contributed by atoms with E-state index in [9.17, 15) is 4.79 Å². The Morgan fingerprint density at radius 3 is 2.88 bits per heavy atom. The largest absolute Gasteiger partial charge is 0.486 e. The van der Waals surface area contributed by atoms with E-state index in [4.69, 9.17) is 14.7 Å². The fraction of sp³-hybridized carbons (Fsp3) is 0.273. The van der Waals surface area contributed by atoms with Crippen LogP contribution in [0, 0.1) is 0 Å². The number of benzene rings is 1. The summed E-state index contributed by atoms with van der Waals surface area (Å²) in [5.74, 6) is 1.02. The van der Waals surface area contributed by atoms with E-state index >= 15 is 0 Å². The molecule has 0 spiro atoms. The number of oxime groups is 1. The molecule has 1 aromatic rings. The predicted molar refractivity (Wildman–Crippen MR) is 54.7 cm³/mol. The Labute approximate surface area is 91.3 Å². The van der Waals surface area contributed by atoms with Gasteiger partial charge in [-0.3, -0.25) is 4.79 Å². The Balaban J connectivity index is 2.18. The van der Waals surface area contributed by atoms with E-state index in [1.165, 1.54) is 0 Å². The molecule has 0 radical (unpaired) electrons. The highest BCUT2D eigenvalue weighted by Gasteiger charge is 2.32. The van der Waals surface area contributed by atoms with E-state index in [0.29, 0.717) is 36.7 Å². The number of rotatable bonds is 0. The zero-order valence-electron chi connectivity index (χ0n) is 8.40. The summed E-state index contributed by atoms with van der Waals surface area (Å²) in [6.07, 6.45) is 0.303. The Hall–Kier alpha value is -2.04. The second-order valence-electron chi connectivity index (χ2n) is 3.67. The van der Waals surface area contributed by atoms with Crippen LogP contribution in [0.3, 0.4) is 0 Å². The summed E-state index contributed by atoms with van der Waals surface area (Å²) >= 11 is 0. The first kappa shape index (κ1) is 9.21. The number of hydrogen-bond acceptors (Lipinski definition) is 5. The van der Waals surface area contributed by atoms with Crippen LogP contribution in [0.25, 0.3) is 0 Å². The van der Waals surface area contributed by atoms with Crippen LogP contribution in [0.1, 0.15) is 15.9 Å². The maximum Gasteiger partial charge on any atom is 0.211 e. The monoisotopic (exact) mass is 219 g/mol. The van der Waals surface area contributed by atoms with Crippen LogP contribution in [0.15, 0.2) is 17.3 Å². The third kappa shape index (κ3) is 1.11. The second kappa shape index (κ2) is 3.23. The molecular weight excluding hydrogens is 210 g/mol. The first-order valence-electron chi connectivity index (χ1n) is 4.98. The number of hydrogen-bond donors (Lipinski definition) is 1. The van der Waals surface area contributed by atoms with E-state index < -0.39 is 0 Å². The van der Waals surface area contributed by atoms with Crippen molar-refractivity contribution in [2.75, 3.05) is 13.2 Å². The summed E-state index contributed by atoms with van der Waals surface area (Å²) in [6.45, 7) is 0.990. The molecule has 0 fully saturated rings. The lowest BCUT2D eigenvalue weighted by Crippen LogP contribution is -2.16. The van der Waals surface area contributed by atoms with Gasteiger partial charge in [-0.2, -0.15) is 0 Å². The second-order valence-corrected chi connectivity index (χ2v) is 3.67. The quantitative estimate of drug-likeness (QED) is 0.522. The Morgan fingerprint density at radius 1 is 1.25 bits per heavy atom. The molecule has 1 aliphatic heterocycles. The van der Waals surface area contributed by atoms with Gasteiger partial charge < -0.3 is 14.7 Å². The summed E-state index contributed by atoms with van der Waals surface area (Å²) in [5, 5.41) is 11.7. The molecule has 0 amide bonds. The van der Waals surface area contributed by atoms with Crippen molar-refractivity contribution in [2.24, 2.45) is 5.16 Å². The number of carbonyl (C=O) groups excluding carboxylic acids is 1. The van der Waals surface area contributed by atoms with Crippen molar-refractivity contribution in [1.82, 2.24) is 0 Å². The molecule has 0 aromatic heterocycles. The molecule has 1 N–H and O–H groups in total. The predicted octanol–water partition coefficient (Wildman–Crippen LogP) is 1.03. The van der Waals surface area contributed by atoms with Crippen molar-refractivity contribution < 1.29 is 19.5 Å². The minimum absolute atomic E-state index is 0.151. The van der Waals surface area contributed by atoms with Crippen LogP contribution < -0.4 is 9.47 Å². The van der Waals surface area contributed by atoms with Crippen molar-refractivity contribution in [3.05, 3.63) is 23.3 Å². The average molecular weight is 219 g/mol. The lowest BCUT2D eigenvalue weighted by Gasteiger charge is -2.20. The smallest absolute Gasteiger partial charge is 0.211 e. The zero-order valence-corrected chi connectivity index (χ0v) is 8.40. The van der Waals surface area contributed by atoms with Crippen molar-refractivity contribution in [2.45, 2.75) is 6.42 Å². The minimum Gasteiger partial charge on any atom is -0.486 e. The van der Waals surface area contributed by atoms with E-state index in [2.05, 4.69) is 5.16 Å². The third-order valence-electron chi connectivity index (χ3n) is 2.78. The molecule has 0 bridgehead atoms. The first-order chi connectivity index (χ1) is 7.81. The van der Waals surface area contributed by atoms with Gasteiger partial charge in [0.1, 0.15) is 18.9 Å². The highest BCUT2D eigenvalue weighted by atomic mass is 16.6. The van der Waals surface area contributed by atoms with Gasteiger partial charge in [-0.25, -0.2) is 0 Å². The van der Waals surface area contributed by atoms with Gasteiger partial charge in [0.25, 0.3) is 0 Å². The maximum atomic E-state index is 11.7. The Morgan fingerprint density at radius 2 is 2.06 bits per heavy atom. The molecule has 5 nitrogen and oxygen atoms in total. The number of Topliss-reactive ketones (excluding diaryl/α,β-unsaturated/α-hetero) is 1. The number of ketones is 1. The molecule has 0 saturated heterocycles. The number of fused-ring (bicyclic) bond motifs is 3. The van der Waals surface area contributed by atoms with Gasteiger partial charge in [0.2, 0.25) is 5.78 Å². The standard InChI is InChI=1S/C11H9NO4/c13-10-6-1-2-9-11(16-4-3-15-9)7(6)5-8(10)12-14/h1-2,14H,3-5H2. The molecule has 5 heteroatoms. The van der Waals surface area contributed by atoms with Crippen molar-refractivity contribution in [3.8, 4) is 11.5 Å². The topological polar surface area (TPSA) is 68.1 Å². The summed E-state index contributed by atoms with van der Waals surface area (Å²) < 4.78 is 10.9. The van der Waals surface area contributed by atoms with Gasteiger partial charge in [-0.05, 0) is 12.1 Å². The molecule has 1 aliphatic carbocycles. The van der Waals surface area contributed by atoms with E-state index in [1.54, 1.807) is 12.1 Å². The number of carbonyl (C=O) groups is 1. The van der Waals surface area contributed by atoms with Gasteiger partial charge in [0, 0.05) is 17.5 Å². The minimum atomic E-state index is -0.241. The first-order valence-corrected chi connectivity index (χ1v) is 4.98. The molecule has 82 valence electrons. The summed E-state index contributed by atoms with van der Waals surface area (Å²) in [6, 6.07) is 3.40. The SMILES string of the molecule is O=C1C(=NO)Cc2c1ccc1c2OCCO1. The van der Waals surface area contributed by atoms with Crippen molar-refractivity contribution in [1.29, 1.82) is 0 Å². The van der Waals surface area contributed by atoms with Gasteiger partial charge in [0.05, 0.1) is 0 Å². The van der Waals surface area contributed by atoms with Crippen LogP contribution in [0.4, 0.5) is 0 Å². The zero-order chi connectivity index (χ0) is 11.1. The molecule has 1 heterocycles. The van der Waals surface area contributed by atoms with Gasteiger partial charge in [-0.15, -0.1) is 0 Å². The van der Waals surface area contributed by atoms with Gasteiger partial charge >= 0.3 is 0 Å². The molecule has 0 unspecified atom stereocenters. The van der Waals surface area contributed by atoms with Crippen molar-refractivity contribution >= 4 is 11.5 Å². The Bertz CT molecular complexity index is 507. The van der Waals surface area contributed by atoms with Crippen LogP contribution >= 0.6 is 0 Å². The van der Waals surface area contributed by atoms with Gasteiger partial charge in [0.15, 0.2) is 11.5 Å². The van der Waals surface area contributed by atoms with Gasteiger partial charge in [-0.1, -0.05) is 5.16 Å². The van der Waals surface area contributed by atoms with E-state index in [0.717, 1.165) is 5.56 Å². The highest BCUT2D eigenvalue weighted by molar-refractivity contribution is 6.49. The summed E-state index contributed by atoms with van der Waals surface area (Å²) in [7, 11) is 0. The number of ether oxygens (including phenoxy) is 2. The van der Waals surface area contributed by atoms with Crippen molar-refractivity contribution in [3.63, 3.8) is 0 Å². The Kier molecular flexibility index (Phi) is 1.86. The van der Waals surface area contributed by atoms with Crippen LogP contribution in [0.2, 0.25) is 0 Å². The van der Waals surface area contributed by atoms with Crippen LogP contribution in [0.5, 0.6) is 11.5 Å². The summed E-state index contributed by atoms with van der Waals surface area (Å²) in [4.78, 5) is 11.7. The lowest BCUT2D eigenvalue weighted by molar-refractivity contribution is 0.106. The molecule has 0 atom stereocenters. The maximum absolute atomic E-state index is 11.7. The number of nitrogens with zero attached hydrogens (tertiary/aromatic N) is 1. The summed E-state index contributed by atoms with van der Waals surface area (Å²) in [5.41, 5.74) is 1.45. The fourth-order valence-electron chi connectivity index (χ4n) is 2.05. The highest BCUT2D eigenvalue weighted by Crippen LogP contribution is 2.39.